The van der Waals surface area contributed by atoms with Crippen LogP contribution in [-0.2, 0) is 0 Å². The average Bonchev–Trinajstić information content (AvgIpc) is 2.42. The highest BCUT2D eigenvalue weighted by molar-refractivity contribution is 6.34. The number of hydrogen-bond donors (Lipinski definition) is 2. The molecule has 3 nitrogen and oxygen atoms in total. The van der Waals surface area contributed by atoms with Crippen LogP contribution in [0, 0.1) is 0 Å². The predicted molar refractivity (Wildman–Crippen MR) is 54.8 cm³/mol. The van der Waals surface area contributed by atoms with Gasteiger partial charge in [0.15, 0.2) is 0 Å². The molecule has 4 heteroatoms. The quantitative estimate of drug-likeness (QED) is 0.707. The van der Waals surface area contributed by atoms with Gasteiger partial charge in [-0.15, -0.1) is 0 Å². The van der Waals surface area contributed by atoms with Gasteiger partial charge in [0.1, 0.15) is 5.75 Å². The number of fused-ring (bicyclic) bond motifs is 1. The summed E-state index contributed by atoms with van der Waals surface area (Å²) in [4.78, 5) is 0. The fourth-order valence-corrected chi connectivity index (χ4v) is 0.983. The number of rotatable bonds is 2. The zero-order valence-corrected chi connectivity index (χ0v) is 6.88. The first-order chi connectivity index (χ1) is 9.68. The van der Waals surface area contributed by atoms with E-state index < -0.39 is 55.4 Å². The van der Waals surface area contributed by atoms with Crippen molar-refractivity contribution in [2.75, 3.05) is 0 Å². The van der Waals surface area contributed by atoms with E-state index >= 15 is 0 Å². The van der Waals surface area contributed by atoms with Gasteiger partial charge in [0.25, 0.3) is 0 Å². The van der Waals surface area contributed by atoms with Gasteiger partial charge in [-0.25, -0.2) is 0 Å². The van der Waals surface area contributed by atoms with Gasteiger partial charge < -0.3 is 14.7 Å². The molecule has 0 radical (unpaired) electrons. The molecular weight excluding hydrogens is 179 g/mol. The van der Waals surface area contributed by atoms with Crippen LogP contribution in [0.15, 0.2) is 42.3 Å². The molecule has 0 spiro atoms. The molecule has 0 saturated carbocycles. The Morgan fingerprint density at radius 2 is 1.79 bits per heavy atom. The lowest BCUT2D eigenvalue weighted by Gasteiger charge is -2.07. The maximum atomic E-state index is 8.88. The van der Waals surface area contributed by atoms with E-state index in [1.165, 1.54) is 0 Å². The molecule has 0 aromatic heterocycles. The zero-order chi connectivity index (χ0) is 16.1. The minimum atomic E-state index is -2.33. The third kappa shape index (κ3) is 1.71. The van der Waals surface area contributed by atoms with Gasteiger partial charge in [-0.3, -0.25) is 0 Å². The van der Waals surface area contributed by atoms with E-state index in [0.29, 0.717) is 0 Å². The molecule has 0 atom stereocenters. The van der Waals surface area contributed by atoms with Gasteiger partial charge in [-0.1, -0.05) is 36.3 Å². The van der Waals surface area contributed by atoms with Crippen molar-refractivity contribution < 1.29 is 24.3 Å². The Morgan fingerprint density at radius 1 is 1.07 bits per heavy atom. The van der Waals surface area contributed by atoms with Crippen LogP contribution < -0.4 is 4.65 Å². The van der Waals surface area contributed by atoms with Crippen molar-refractivity contribution in [1.29, 1.82) is 0 Å². The number of benzene rings is 2. The molecule has 0 fully saturated rings. The van der Waals surface area contributed by atoms with Crippen LogP contribution in [0.5, 0.6) is 5.75 Å². The summed E-state index contributed by atoms with van der Waals surface area (Å²) in [6.45, 7) is 0. The summed E-state index contributed by atoms with van der Waals surface area (Å²) in [6, 6.07) is -4.18. The molecule has 0 aliphatic heterocycles. The first kappa shape index (κ1) is 3.92. The largest absolute Gasteiger partial charge is 0.707 e. The molecule has 0 saturated heterocycles. The van der Waals surface area contributed by atoms with Crippen molar-refractivity contribution in [2.24, 2.45) is 0 Å². The summed E-state index contributed by atoms with van der Waals surface area (Å²) in [5, 5.41) is 17.1. The molecule has 0 bridgehead atoms. The smallest absolute Gasteiger partial charge is 0.512 e. The highest BCUT2D eigenvalue weighted by Gasteiger charge is 2.12. The molecule has 0 heterocycles. The van der Waals surface area contributed by atoms with Gasteiger partial charge in [-0.2, -0.15) is 0 Å². The molecule has 14 heavy (non-hydrogen) atoms. The van der Waals surface area contributed by atoms with Gasteiger partial charge in [0, 0.05) is 5.39 Å². The SMILES string of the molecule is [2H]c1c([2H])c([2H])c2c(OB(O)O)c([2H])c([2H])c([2H])c2c1[2H]. The van der Waals surface area contributed by atoms with Crippen LogP contribution in [0.1, 0.15) is 9.60 Å². The van der Waals surface area contributed by atoms with Crippen LogP contribution in [0.25, 0.3) is 10.8 Å². The number of hydrogen-bond acceptors (Lipinski definition) is 3. The van der Waals surface area contributed by atoms with Crippen molar-refractivity contribution in [2.45, 2.75) is 0 Å². The minimum Gasteiger partial charge on any atom is -0.512 e. The Kier molecular flexibility index (Phi) is 1.04. The summed E-state index contributed by atoms with van der Waals surface area (Å²) < 4.78 is 58.5. The Balaban J connectivity index is 3.09. The Morgan fingerprint density at radius 3 is 2.57 bits per heavy atom. The van der Waals surface area contributed by atoms with E-state index in [0.717, 1.165) is 0 Å². The minimum absolute atomic E-state index is 0.308. The predicted octanol–water partition coefficient (Wildman–Crippen LogP) is 1.19. The lowest BCUT2D eigenvalue weighted by molar-refractivity contribution is 0.289. The van der Waals surface area contributed by atoms with Gasteiger partial charge in [0.05, 0.1) is 9.60 Å². The van der Waals surface area contributed by atoms with Crippen molar-refractivity contribution in [3.8, 4) is 5.75 Å². The van der Waals surface area contributed by atoms with E-state index in [4.69, 9.17) is 19.6 Å². The van der Waals surface area contributed by atoms with E-state index in [-0.39, 0.29) is 10.8 Å². The van der Waals surface area contributed by atoms with Crippen molar-refractivity contribution >= 4 is 18.1 Å². The average molecular weight is 195 g/mol. The van der Waals surface area contributed by atoms with Crippen molar-refractivity contribution in [3.63, 3.8) is 0 Å². The zero-order valence-electron chi connectivity index (χ0n) is 13.9. The van der Waals surface area contributed by atoms with E-state index in [2.05, 4.69) is 4.65 Å². The van der Waals surface area contributed by atoms with E-state index in [1.807, 2.05) is 0 Å². The van der Waals surface area contributed by atoms with Crippen molar-refractivity contribution in [3.05, 3.63) is 42.3 Å². The second-order valence-corrected chi connectivity index (χ2v) is 2.40. The summed E-state index contributed by atoms with van der Waals surface area (Å²) in [6.07, 6.45) is 0. The standard InChI is InChI=1S/C10H9BO3/c12-11(13)14-10-7-3-5-8-4-1-2-6-9(8)10/h1-7,12-13H/i1D,2D,3D,4D,5D,6D,7D. The van der Waals surface area contributed by atoms with Gasteiger partial charge in [0.2, 0.25) is 0 Å². The molecule has 2 N–H and O–H groups in total. The molecule has 0 aliphatic rings. The molecule has 2 rings (SSSR count). The Labute approximate surface area is 91.6 Å². The molecule has 0 aliphatic carbocycles. The summed E-state index contributed by atoms with van der Waals surface area (Å²) in [7, 11) is -2.33. The fraction of sp³-hybridized carbons (Fsp3) is 0. The van der Waals surface area contributed by atoms with Crippen LogP contribution >= 0.6 is 0 Å². The topological polar surface area (TPSA) is 49.7 Å². The molecule has 2 aromatic carbocycles. The molecule has 0 amide bonds. The first-order valence-electron chi connectivity index (χ1n) is 7.21. The maximum Gasteiger partial charge on any atom is 0.707 e. The van der Waals surface area contributed by atoms with Crippen LogP contribution in [0.4, 0.5) is 0 Å². The van der Waals surface area contributed by atoms with Crippen LogP contribution in [0.2, 0.25) is 0 Å². The van der Waals surface area contributed by atoms with Crippen LogP contribution in [-0.4, -0.2) is 17.4 Å². The van der Waals surface area contributed by atoms with E-state index in [9.17, 15) is 0 Å². The third-order valence-corrected chi connectivity index (χ3v) is 1.50. The normalized spacial score (nSPS) is 17.1. The third-order valence-electron chi connectivity index (χ3n) is 1.50. The highest BCUT2D eigenvalue weighted by atomic mass is 16.6. The Hall–Kier alpha value is -1.52. The molecular formula is C10H9BO3. The van der Waals surface area contributed by atoms with Gasteiger partial charge >= 0.3 is 7.32 Å². The van der Waals surface area contributed by atoms with E-state index in [1.54, 1.807) is 0 Å². The van der Waals surface area contributed by atoms with Gasteiger partial charge in [-0.05, 0) is 11.4 Å². The van der Waals surface area contributed by atoms with Crippen molar-refractivity contribution in [1.82, 2.24) is 0 Å². The lowest BCUT2D eigenvalue weighted by atomic mass is 10.1. The summed E-state index contributed by atoms with van der Waals surface area (Å²) in [5.41, 5.74) is 0. The lowest BCUT2D eigenvalue weighted by Crippen LogP contribution is -2.20. The first-order valence-corrected chi connectivity index (χ1v) is 3.71. The second-order valence-electron chi connectivity index (χ2n) is 2.40. The van der Waals surface area contributed by atoms with Crippen LogP contribution in [0.3, 0.4) is 0 Å². The summed E-state index contributed by atoms with van der Waals surface area (Å²) >= 11 is 0. The molecule has 2 aromatic rings. The molecule has 0 unspecified atom stereocenters. The summed E-state index contributed by atoms with van der Waals surface area (Å²) in [5.74, 6) is -0.576. The Bertz CT molecular complexity index is 742. The molecule has 70 valence electrons. The second kappa shape index (κ2) is 3.70. The highest BCUT2D eigenvalue weighted by Crippen LogP contribution is 2.24. The maximum absolute atomic E-state index is 8.88. The fourth-order valence-electron chi connectivity index (χ4n) is 0.983. The monoisotopic (exact) mass is 195 g/mol.